The second kappa shape index (κ2) is 8.18. The average molecular weight is 437 g/mol. The molecule has 3 N–H and O–H groups in total. The number of nitrogens with zero attached hydrogens (tertiary/aromatic N) is 3. The van der Waals surface area contributed by atoms with Crippen molar-refractivity contribution in [2.45, 2.75) is 6.18 Å². The monoisotopic (exact) mass is 437 g/mol. The molecule has 6 nitrogen and oxygen atoms in total. The number of benzene rings is 2. The molecule has 4 rings (SSSR count). The number of carbonyl (C=O) groups is 1. The van der Waals surface area contributed by atoms with Crippen molar-refractivity contribution in [1.82, 2.24) is 14.8 Å². The quantitative estimate of drug-likeness (QED) is 0.470. The number of amides is 1. The van der Waals surface area contributed by atoms with Crippen molar-refractivity contribution in [2.75, 3.05) is 11.1 Å². The summed E-state index contributed by atoms with van der Waals surface area (Å²) in [6.45, 7) is 0. The number of hydrogen-bond donors (Lipinski definition) is 2. The third kappa shape index (κ3) is 4.31. The molecule has 2 aromatic carbocycles. The molecule has 0 spiro atoms. The molecule has 0 aliphatic rings. The van der Waals surface area contributed by atoms with Gasteiger partial charge in [-0.1, -0.05) is 42.5 Å². The number of pyridine rings is 1. The van der Waals surface area contributed by atoms with Crippen molar-refractivity contribution >= 4 is 17.5 Å². The van der Waals surface area contributed by atoms with Gasteiger partial charge in [0.05, 0.1) is 5.69 Å². The predicted molar refractivity (Wildman–Crippen MR) is 116 cm³/mol. The Labute approximate surface area is 181 Å². The molecule has 2 aromatic heterocycles. The van der Waals surface area contributed by atoms with Crippen molar-refractivity contribution in [1.29, 1.82) is 0 Å². The SMILES string of the molecule is Cn1nc(C(F)(F)F)cc1-c1ccc(NC(=O)c2ccc(-c3ccccc3)cc2)nc1N. The number of nitrogens with one attached hydrogen (secondary N) is 1. The Kier molecular flexibility index (Phi) is 5.40. The minimum absolute atomic E-state index is 0.0287. The maximum absolute atomic E-state index is 12.9. The molecule has 0 fully saturated rings. The van der Waals surface area contributed by atoms with E-state index in [0.29, 0.717) is 5.56 Å². The summed E-state index contributed by atoms with van der Waals surface area (Å²) in [5.41, 5.74) is 7.81. The van der Waals surface area contributed by atoms with E-state index in [1.165, 1.54) is 19.2 Å². The Morgan fingerprint density at radius 3 is 2.22 bits per heavy atom. The van der Waals surface area contributed by atoms with Gasteiger partial charge in [-0.15, -0.1) is 0 Å². The summed E-state index contributed by atoms with van der Waals surface area (Å²) in [5, 5.41) is 6.13. The molecule has 0 aliphatic heterocycles. The van der Waals surface area contributed by atoms with E-state index in [-0.39, 0.29) is 28.8 Å². The fourth-order valence-corrected chi connectivity index (χ4v) is 3.25. The first-order valence-corrected chi connectivity index (χ1v) is 9.57. The highest BCUT2D eigenvalue weighted by atomic mass is 19.4. The molecule has 0 unspecified atom stereocenters. The smallest absolute Gasteiger partial charge is 0.383 e. The van der Waals surface area contributed by atoms with E-state index in [1.54, 1.807) is 12.1 Å². The molecule has 4 aromatic rings. The maximum atomic E-state index is 12.9. The lowest BCUT2D eigenvalue weighted by Gasteiger charge is -2.09. The number of aryl methyl sites for hydroxylation is 1. The van der Waals surface area contributed by atoms with Gasteiger partial charge >= 0.3 is 6.18 Å². The first-order chi connectivity index (χ1) is 15.2. The predicted octanol–water partition coefficient (Wildman–Crippen LogP) is 5.00. The van der Waals surface area contributed by atoms with Gasteiger partial charge in [0, 0.05) is 18.2 Å². The molecule has 1 amide bonds. The van der Waals surface area contributed by atoms with Gasteiger partial charge in [0.15, 0.2) is 5.69 Å². The van der Waals surface area contributed by atoms with Gasteiger partial charge in [0.1, 0.15) is 11.6 Å². The number of aromatic nitrogens is 3. The Morgan fingerprint density at radius 1 is 0.969 bits per heavy atom. The van der Waals surface area contributed by atoms with E-state index >= 15 is 0 Å². The Hall–Kier alpha value is -4.14. The molecule has 0 radical (unpaired) electrons. The number of anilines is 2. The average Bonchev–Trinajstić information content (AvgIpc) is 3.16. The highest BCUT2D eigenvalue weighted by Crippen LogP contribution is 2.33. The fourth-order valence-electron chi connectivity index (χ4n) is 3.25. The lowest BCUT2D eigenvalue weighted by atomic mass is 10.0. The Morgan fingerprint density at radius 2 is 1.62 bits per heavy atom. The lowest BCUT2D eigenvalue weighted by molar-refractivity contribution is -0.141. The van der Waals surface area contributed by atoms with Gasteiger partial charge in [-0.2, -0.15) is 18.3 Å². The van der Waals surface area contributed by atoms with Crippen LogP contribution in [0.3, 0.4) is 0 Å². The molecule has 9 heteroatoms. The van der Waals surface area contributed by atoms with Crippen LogP contribution in [0.15, 0.2) is 72.8 Å². The van der Waals surface area contributed by atoms with Crippen molar-refractivity contribution < 1.29 is 18.0 Å². The minimum atomic E-state index is -4.57. The van der Waals surface area contributed by atoms with Crippen LogP contribution in [0.2, 0.25) is 0 Å². The summed E-state index contributed by atoms with van der Waals surface area (Å²) in [6.07, 6.45) is -4.57. The number of hydrogen-bond acceptors (Lipinski definition) is 4. The van der Waals surface area contributed by atoms with Crippen LogP contribution in [0.4, 0.5) is 24.8 Å². The third-order valence-corrected chi connectivity index (χ3v) is 4.87. The fraction of sp³-hybridized carbons (Fsp3) is 0.0870. The lowest BCUT2D eigenvalue weighted by Crippen LogP contribution is -2.13. The second-order valence-electron chi connectivity index (χ2n) is 7.06. The highest BCUT2D eigenvalue weighted by molar-refractivity contribution is 6.04. The van der Waals surface area contributed by atoms with Crippen LogP contribution in [0, 0.1) is 0 Å². The van der Waals surface area contributed by atoms with Crippen LogP contribution in [-0.4, -0.2) is 20.7 Å². The summed E-state index contributed by atoms with van der Waals surface area (Å²) in [5.74, 6) is -0.232. The molecular weight excluding hydrogens is 419 g/mol. The van der Waals surface area contributed by atoms with Gasteiger partial charge in [-0.25, -0.2) is 4.98 Å². The van der Waals surface area contributed by atoms with Crippen molar-refractivity contribution in [2.24, 2.45) is 7.05 Å². The van der Waals surface area contributed by atoms with E-state index in [9.17, 15) is 18.0 Å². The van der Waals surface area contributed by atoms with Crippen LogP contribution < -0.4 is 11.1 Å². The van der Waals surface area contributed by atoms with Crippen molar-refractivity contribution in [3.05, 3.63) is 84.1 Å². The number of halogens is 3. The van der Waals surface area contributed by atoms with Crippen LogP contribution in [0.5, 0.6) is 0 Å². The highest BCUT2D eigenvalue weighted by Gasteiger charge is 2.35. The van der Waals surface area contributed by atoms with Crippen molar-refractivity contribution in [3.8, 4) is 22.4 Å². The largest absolute Gasteiger partial charge is 0.435 e. The number of alkyl halides is 3. The summed E-state index contributed by atoms with van der Waals surface area (Å²) < 4.78 is 39.8. The molecule has 0 saturated carbocycles. The third-order valence-electron chi connectivity index (χ3n) is 4.87. The second-order valence-corrected chi connectivity index (χ2v) is 7.06. The Balaban J connectivity index is 1.52. The molecular formula is C23H18F3N5O. The zero-order valence-electron chi connectivity index (χ0n) is 16.9. The summed E-state index contributed by atoms with van der Waals surface area (Å²) in [4.78, 5) is 16.7. The number of rotatable bonds is 4. The Bertz CT molecular complexity index is 1270. The van der Waals surface area contributed by atoms with Crippen LogP contribution in [0.25, 0.3) is 22.4 Å². The normalized spacial score (nSPS) is 11.4. The molecule has 0 atom stereocenters. The molecule has 32 heavy (non-hydrogen) atoms. The van der Waals surface area contributed by atoms with Gasteiger partial charge in [0.25, 0.3) is 5.91 Å². The zero-order chi connectivity index (χ0) is 22.9. The number of nitrogens with two attached hydrogens (primary N) is 1. The van der Waals surface area contributed by atoms with Gasteiger partial charge in [0.2, 0.25) is 0 Å². The van der Waals surface area contributed by atoms with Gasteiger partial charge < -0.3 is 11.1 Å². The minimum Gasteiger partial charge on any atom is -0.383 e. The van der Waals surface area contributed by atoms with E-state index < -0.39 is 11.9 Å². The maximum Gasteiger partial charge on any atom is 0.435 e. The summed E-state index contributed by atoms with van der Waals surface area (Å²) in [6, 6.07) is 20.7. The standard InChI is InChI=1S/C23H18F3N5O/c1-31-18(13-19(30-31)23(24,25)26)17-11-12-20(28-21(17)27)29-22(32)16-9-7-15(8-10-16)14-5-3-2-4-6-14/h2-13H,1H3,(H3,27,28,29,32). The van der Waals surface area contributed by atoms with Crippen LogP contribution in [0.1, 0.15) is 16.1 Å². The van der Waals surface area contributed by atoms with E-state index in [2.05, 4.69) is 15.4 Å². The molecule has 0 saturated heterocycles. The van der Waals surface area contributed by atoms with Gasteiger partial charge in [-0.05, 0) is 41.5 Å². The van der Waals surface area contributed by atoms with E-state index in [1.807, 2.05) is 42.5 Å². The molecule has 162 valence electrons. The van der Waals surface area contributed by atoms with E-state index in [0.717, 1.165) is 21.9 Å². The first kappa shape index (κ1) is 21.1. The summed E-state index contributed by atoms with van der Waals surface area (Å²) >= 11 is 0. The molecule has 0 aliphatic carbocycles. The first-order valence-electron chi connectivity index (χ1n) is 9.57. The number of nitrogen functional groups attached to an aromatic ring is 1. The topological polar surface area (TPSA) is 85.8 Å². The van der Waals surface area contributed by atoms with Crippen LogP contribution in [-0.2, 0) is 13.2 Å². The van der Waals surface area contributed by atoms with Crippen LogP contribution >= 0.6 is 0 Å². The van der Waals surface area contributed by atoms with Gasteiger partial charge in [-0.3, -0.25) is 9.48 Å². The number of carbonyl (C=O) groups excluding carboxylic acids is 1. The summed E-state index contributed by atoms with van der Waals surface area (Å²) in [7, 11) is 1.39. The van der Waals surface area contributed by atoms with Crippen molar-refractivity contribution in [3.63, 3.8) is 0 Å². The zero-order valence-corrected chi connectivity index (χ0v) is 16.9. The molecule has 0 bridgehead atoms. The van der Waals surface area contributed by atoms with E-state index in [4.69, 9.17) is 5.73 Å². The molecule has 2 heterocycles.